The normalized spacial score (nSPS) is 11.1. The number of likely N-dealkylation sites (N-methyl/N-ethyl adjacent to an activating group) is 1. The third-order valence-electron chi connectivity index (χ3n) is 2.33. The summed E-state index contributed by atoms with van der Waals surface area (Å²) in [5, 5.41) is 4.01. The maximum atomic E-state index is 11.8. The molecule has 5 nitrogen and oxygen atoms in total. The molecule has 1 unspecified atom stereocenters. The fourth-order valence-corrected chi connectivity index (χ4v) is 1.39. The Kier molecular flexibility index (Phi) is 9.11. The van der Waals surface area contributed by atoms with E-state index in [1.807, 2.05) is 14.0 Å². The van der Waals surface area contributed by atoms with Gasteiger partial charge in [0.1, 0.15) is 0 Å². The first-order valence-corrected chi connectivity index (χ1v) is 5.08. The van der Waals surface area contributed by atoms with Crippen molar-refractivity contribution in [3.05, 3.63) is 12.4 Å². The minimum absolute atomic E-state index is 0. The van der Waals surface area contributed by atoms with E-state index in [1.54, 1.807) is 29.0 Å². The van der Waals surface area contributed by atoms with Gasteiger partial charge in [0.2, 0.25) is 5.91 Å². The molecular formula is C10H20Cl2N4O. The molecule has 0 saturated carbocycles. The molecule has 1 atom stereocenters. The second kappa shape index (κ2) is 8.33. The van der Waals surface area contributed by atoms with E-state index < -0.39 is 6.04 Å². The molecule has 0 aliphatic heterocycles. The molecule has 0 aliphatic rings. The topological polar surface area (TPSA) is 64.2 Å². The van der Waals surface area contributed by atoms with Crippen molar-refractivity contribution in [3.63, 3.8) is 0 Å². The summed E-state index contributed by atoms with van der Waals surface area (Å²) < 4.78 is 1.66. The first-order valence-electron chi connectivity index (χ1n) is 5.08. The highest BCUT2D eigenvalue weighted by molar-refractivity contribution is 5.96. The summed E-state index contributed by atoms with van der Waals surface area (Å²) in [5.74, 6) is -0.0650. The van der Waals surface area contributed by atoms with Gasteiger partial charge in [-0.25, -0.2) is 0 Å². The summed E-state index contributed by atoms with van der Waals surface area (Å²) in [6, 6.07) is -0.416. The number of carbonyl (C=O) groups excluding carboxylic acids is 1. The molecule has 2 N–H and O–H groups in total. The Bertz CT molecular complexity index is 343. The lowest BCUT2D eigenvalue weighted by Crippen LogP contribution is -2.41. The van der Waals surface area contributed by atoms with Crippen LogP contribution in [0.1, 0.15) is 19.8 Å². The fourth-order valence-electron chi connectivity index (χ4n) is 1.39. The average molecular weight is 283 g/mol. The molecule has 0 radical (unpaired) electrons. The predicted molar refractivity (Wildman–Crippen MR) is 74.0 cm³/mol. The number of anilines is 1. The van der Waals surface area contributed by atoms with E-state index >= 15 is 0 Å². The predicted octanol–water partition coefficient (Wildman–Crippen LogP) is 1.35. The summed E-state index contributed by atoms with van der Waals surface area (Å²) >= 11 is 0. The van der Waals surface area contributed by atoms with E-state index in [-0.39, 0.29) is 30.7 Å². The molecule has 17 heavy (non-hydrogen) atoms. The lowest BCUT2D eigenvalue weighted by molar-refractivity contribution is -0.119. The number of nitrogens with zero attached hydrogens (tertiary/aromatic N) is 3. The van der Waals surface area contributed by atoms with Crippen LogP contribution >= 0.6 is 24.8 Å². The Labute approximate surface area is 114 Å². The van der Waals surface area contributed by atoms with Gasteiger partial charge in [-0.15, -0.1) is 24.8 Å². The van der Waals surface area contributed by atoms with Gasteiger partial charge in [0.05, 0.1) is 17.9 Å². The Balaban J connectivity index is 0. The van der Waals surface area contributed by atoms with Gasteiger partial charge in [0, 0.05) is 20.3 Å². The van der Waals surface area contributed by atoms with E-state index in [9.17, 15) is 4.79 Å². The zero-order valence-electron chi connectivity index (χ0n) is 10.3. The van der Waals surface area contributed by atoms with Crippen molar-refractivity contribution in [1.82, 2.24) is 9.78 Å². The highest BCUT2D eigenvalue weighted by Gasteiger charge is 2.18. The summed E-state index contributed by atoms with van der Waals surface area (Å²) in [7, 11) is 3.53. The first kappa shape index (κ1) is 18.6. The Morgan fingerprint density at radius 2 is 2.18 bits per heavy atom. The number of halogens is 2. The number of rotatable bonds is 4. The van der Waals surface area contributed by atoms with E-state index in [1.165, 1.54) is 0 Å². The molecule has 1 heterocycles. The highest BCUT2D eigenvalue weighted by Crippen LogP contribution is 2.11. The van der Waals surface area contributed by atoms with Crippen molar-refractivity contribution in [2.24, 2.45) is 12.8 Å². The third-order valence-corrected chi connectivity index (χ3v) is 2.33. The van der Waals surface area contributed by atoms with Gasteiger partial charge in [-0.05, 0) is 6.42 Å². The molecule has 1 aromatic heterocycles. The first-order chi connectivity index (χ1) is 7.06. The minimum atomic E-state index is -0.416. The minimum Gasteiger partial charge on any atom is -0.320 e. The van der Waals surface area contributed by atoms with E-state index in [0.29, 0.717) is 6.42 Å². The smallest absolute Gasteiger partial charge is 0.243 e. The molecular weight excluding hydrogens is 263 g/mol. The van der Waals surface area contributed by atoms with Crippen LogP contribution in [0.2, 0.25) is 0 Å². The van der Waals surface area contributed by atoms with Gasteiger partial charge >= 0.3 is 0 Å². The van der Waals surface area contributed by atoms with Crippen molar-refractivity contribution in [2.75, 3.05) is 11.9 Å². The van der Waals surface area contributed by atoms with E-state index in [2.05, 4.69) is 5.10 Å². The lowest BCUT2D eigenvalue weighted by Gasteiger charge is -2.19. The highest BCUT2D eigenvalue weighted by atomic mass is 35.5. The summed E-state index contributed by atoms with van der Waals surface area (Å²) in [6.45, 7) is 2.01. The summed E-state index contributed by atoms with van der Waals surface area (Å²) in [5.41, 5.74) is 6.53. The van der Waals surface area contributed by atoms with Gasteiger partial charge in [-0.1, -0.05) is 13.3 Å². The van der Waals surface area contributed by atoms with Crippen LogP contribution in [0, 0.1) is 0 Å². The molecule has 1 aromatic rings. The molecule has 100 valence electrons. The van der Waals surface area contributed by atoms with Gasteiger partial charge in [-0.2, -0.15) is 5.10 Å². The van der Waals surface area contributed by atoms with Gasteiger partial charge in [-0.3, -0.25) is 9.48 Å². The second-order valence-electron chi connectivity index (χ2n) is 3.66. The zero-order valence-corrected chi connectivity index (χ0v) is 11.9. The van der Waals surface area contributed by atoms with E-state index in [0.717, 1.165) is 12.1 Å². The maximum absolute atomic E-state index is 11.8. The number of carbonyl (C=O) groups is 1. The van der Waals surface area contributed by atoms with Crippen LogP contribution < -0.4 is 10.6 Å². The number of amides is 1. The maximum Gasteiger partial charge on any atom is 0.243 e. The Hall–Kier alpha value is -0.780. The van der Waals surface area contributed by atoms with Crippen molar-refractivity contribution in [3.8, 4) is 0 Å². The van der Waals surface area contributed by atoms with Crippen molar-refractivity contribution in [1.29, 1.82) is 0 Å². The van der Waals surface area contributed by atoms with Crippen LogP contribution in [0.15, 0.2) is 12.4 Å². The molecule has 0 spiro atoms. The molecule has 0 aliphatic carbocycles. The molecule has 7 heteroatoms. The monoisotopic (exact) mass is 282 g/mol. The van der Waals surface area contributed by atoms with Crippen LogP contribution in [-0.4, -0.2) is 28.8 Å². The largest absolute Gasteiger partial charge is 0.320 e. The quantitative estimate of drug-likeness (QED) is 0.907. The number of hydrogen-bond donors (Lipinski definition) is 1. The van der Waals surface area contributed by atoms with Crippen LogP contribution in [-0.2, 0) is 11.8 Å². The molecule has 0 aromatic carbocycles. The standard InChI is InChI=1S/C10H18N4O.2ClH/c1-4-5-9(11)10(15)14(3)8-6-12-13(2)7-8;;/h6-7,9H,4-5,11H2,1-3H3;2*1H. The molecule has 1 rings (SSSR count). The number of aryl methyl sites for hydroxylation is 1. The van der Waals surface area contributed by atoms with E-state index in [4.69, 9.17) is 5.73 Å². The average Bonchev–Trinajstić information content (AvgIpc) is 2.63. The summed E-state index contributed by atoms with van der Waals surface area (Å²) in [4.78, 5) is 13.4. The number of hydrogen-bond acceptors (Lipinski definition) is 3. The van der Waals surface area contributed by atoms with Crippen molar-refractivity contribution < 1.29 is 4.79 Å². The molecule has 1 amide bonds. The molecule has 0 saturated heterocycles. The second-order valence-corrected chi connectivity index (χ2v) is 3.66. The fraction of sp³-hybridized carbons (Fsp3) is 0.600. The Morgan fingerprint density at radius 1 is 1.59 bits per heavy atom. The van der Waals surface area contributed by atoms with Crippen LogP contribution in [0.5, 0.6) is 0 Å². The van der Waals surface area contributed by atoms with Gasteiger partial charge in [0.25, 0.3) is 0 Å². The van der Waals surface area contributed by atoms with Crippen LogP contribution in [0.4, 0.5) is 5.69 Å². The summed E-state index contributed by atoms with van der Waals surface area (Å²) in [6.07, 6.45) is 5.06. The van der Waals surface area contributed by atoms with Crippen molar-refractivity contribution in [2.45, 2.75) is 25.8 Å². The SMILES string of the molecule is CCCC(N)C(=O)N(C)c1cnn(C)c1.Cl.Cl. The lowest BCUT2D eigenvalue weighted by atomic mass is 10.1. The third kappa shape index (κ3) is 4.93. The van der Waals surface area contributed by atoms with Crippen LogP contribution in [0.3, 0.4) is 0 Å². The van der Waals surface area contributed by atoms with Gasteiger partial charge in [0.15, 0.2) is 0 Å². The van der Waals surface area contributed by atoms with Gasteiger partial charge < -0.3 is 10.6 Å². The zero-order chi connectivity index (χ0) is 11.4. The molecule has 0 fully saturated rings. The van der Waals surface area contributed by atoms with Crippen molar-refractivity contribution >= 4 is 36.4 Å². The number of nitrogens with two attached hydrogens (primary N) is 1. The molecule has 0 bridgehead atoms. The Morgan fingerprint density at radius 3 is 2.59 bits per heavy atom. The van der Waals surface area contributed by atoms with Crippen LogP contribution in [0.25, 0.3) is 0 Å². The number of aromatic nitrogens is 2.